The Hall–Kier alpha value is -4.88. The van der Waals surface area contributed by atoms with Crippen LogP contribution >= 0.6 is 0 Å². The van der Waals surface area contributed by atoms with Crippen molar-refractivity contribution in [2.24, 2.45) is 0 Å². The van der Waals surface area contributed by atoms with Crippen molar-refractivity contribution in [3.8, 4) is 0 Å². The molecule has 2 fully saturated rings. The Balaban J connectivity index is 2.20. The molecule has 1 aromatic heterocycles. The smallest absolute Gasteiger partial charge is 0.303 e. The highest BCUT2D eigenvalue weighted by Gasteiger charge is 2.57. The molecule has 2 saturated heterocycles. The zero-order chi connectivity index (χ0) is 38.2. The van der Waals surface area contributed by atoms with Crippen LogP contribution in [0.3, 0.4) is 0 Å². The van der Waals surface area contributed by atoms with Crippen LogP contribution in [0.25, 0.3) is 0 Å². The molecule has 19 nitrogen and oxygen atoms in total. The zero-order valence-corrected chi connectivity index (χ0v) is 29.2. The Morgan fingerprint density at radius 1 is 0.549 bits per heavy atom. The average molecular weight is 728 g/mol. The van der Waals surface area contributed by atoms with Gasteiger partial charge >= 0.3 is 41.8 Å². The van der Waals surface area contributed by atoms with E-state index in [0.29, 0.717) is 0 Å². The number of aromatic amines is 1. The summed E-state index contributed by atoms with van der Waals surface area (Å²) in [5.41, 5.74) is 0.453. The molecule has 1 N–H and O–H groups in total. The fraction of sp³-hybridized carbons (Fsp3) is 0.625. The van der Waals surface area contributed by atoms with Gasteiger partial charge in [-0.2, -0.15) is 0 Å². The van der Waals surface area contributed by atoms with Gasteiger partial charge in [-0.05, 0) is 13.0 Å². The van der Waals surface area contributed by atoms with Crippen molar-refractivity contribution in [1.29, 1.82) is 0 Å². The number of hydrogen-bond donors (Lipinski definition) is 1. The molecular formula is C32H41NO18. The molecule has 1 aromatic rings. The van der Waals surface area contributed by atoms with Gasteiger partial charge in [0.25, 0.3) is 0 Å². The third-order valence-corrected chi connectivity index (χ3v) is 7.35. The summed E-state index contributed by atoms with van der Waals surface area (Å²) in [6.45, 7) is 7.66. The van der Waals surface area contributed by atoms with Crippen LogP contribution in [0.1, 0.15) is 77.5 Å². The number of nitrogens with one attached hydrogen (secondary N) is 1. The van der Waals surface area contributed by atoms with Crippen molar-refractivity contribution in [1.82, 2.24) is 4.98 Å². The number of ketones is 1. The normalized spacial score (nSPS) is 28.7. The maximum Gasteiger partial charge on any atom is 0.303 e. The molecule has 0 spiro atoms. The monoisotopic (exact) mass is 727 g/mol. The molecule has 2 aliphatic rings. The maximum absolute atomic E-state index is 12.6. The first-order valence-electron chi connectivity index (χ1n) is 15.7. The predicted molar refractivity (Wildman–Crippen MR) is 163 cm³/mol. The molecule has 2 aliphatic heterocycles. The summed E-state index contributed by atoms with van der Waals surface area (Å²) in [7, 11) is 0. The van der Waals surface area contributed by atoms with Crippen molar-refractivity contribution in [3.05, 3.63) is 23.5 Å². The van der Waals surface area contributed by atoms with Gasteiger partial charge in [-0.25, -0.2) is 0 Å². The minimum Gasteiger partial charge on any atom is -0.463 e. The molecule has 0 aliphatic carbocycles. The maximum atomic E-state index is 12.6. The second-order valence-corrected chi connectivity index (χ2v) is 11.6. The number of hydrogen-bond acceptors (Lipinski definition) is 18. The number of ether oxygens (including phenoxy) is 10. The minimum absolute atomic E-state index is 0.210. The lowest BCUT2D eigenvalue weighted by Gasteiger charge is -2.48. The Morgan fingerprint density at radius 2 is 0.980 bits per heavy atom. The van der Waals surface area contributed by atoms with E-state index in [2.05, 4.69) is 4.98 Å². The molecule has 0 unspecified atom stereocenters. The van der Waals surface area contributed by atoms with Gasteiger partial charge in [0.05, 0.1) is 0 Å². The molecule has 0 radical (unpaired) electrons. The fourth-order valence-electron chi connectivity index (χ4n) is 5.54. The summed E-state index contributed by atoms with van der Waals surface area (Å²) < 4.78 is 56.6. The van der Waals surface area contributed by atoms with Gasteiger partial charge in [0.2, 0.25) is 0 Å². The molecule has 19 heteroatoms. The summed E-state index contributed by atoms with van der Waals surface area (Å²) in [5, 5.41) is 0. The van der Waals surface area contributed by atoms with E-state index in [1.807, 2.05) is 0 Å². The van der Waals surface area contributed by atoms with Crippen LogP contribution in [0.4, 0.5) is 0 Å². The molecule has 0 bridgehead atoms. The quantitative estimate of drug-likeness (QED) is 0.166. The van der Waals surface area contributed by atoms with Gasteiger partial charge in [0.15, 0.2) is 42.6 Å². The highest BCUT2D eigenvalue weighted by Crippen LogP contribution is 2.40. The highest BCUT2D eigenvalue weighted by molar-refractivity contribution is 5.94. The Bertz CT molecular complexity index is 1490. The second kappa shape index (κ2) is 17.9. The largest absolute Gasteiger partial charge is 0.463 e. The number of Topliss-reactive ketones (excluding diaryl/α,β-unsaturated/α-hetero) is 1. The SMILES string of the molecule is CC(=O)OC[C@H]1O[C@@H](c2cc(C(C)=O)c[nH]2)[C@H](OC(C)=O)[C@@H](OC(C)=O)[C@@H]1O[C@H]1O[C@H](COC(C)=O)[C@@H](OC(C)=O)[C@H](OC(C)=O)[C@H]1OC(C)=O. The van der Waals surface area contributed by atoms with E-state index in [4.69, 9.17) is 47.4 Å². The lowest BCUT2D eigenvalue weighted by molar-refractivity contribution is -0.345. The van der Waals surface area contributed by atoms with E-state index in [1.165, 1.54) is 19.2 Å². The van der Waals surface area contributed by atoms with E-state index in [0.717, 1.165) is 48.5 Å². The number of H-pyrrole nitrogens is 1. The second-order valence-electron chi connectivity index (χ2n) is 11.6. The van der Waals surface area contributed by atoms with Crippen LogP contribution in [0.2, 0.25) is 0 Å². The number of carbonyl (C=O) groups excluding carboxylic acids is 8. The lowest BCUT2D eigenvalue weighted by Crippen LogP contribution is -2.66. The first-order valence-corrected chi connectivity index (χ1v) is 15.7. The lowest BCUT2D eigenvalue weighted by atomic mass is 9.92. The van der Waals surface area contributed by atoms with Crippen LogP contribution in [0, 0.1) is 0 Å². The number of rotatable bonds is 13. The van der Waals surface area contributed by atoms with Crippen LogP contribution in [0.15, 0.2) is 12.3 Å². The molecule has 0 aromatic carbocycles. The summed E-state index contributed by atoms with van der Waals surface area (Å²) in [5.74, 6) is -6.22. The number of aromatic nitrogens is 1. The summed E-state index contributed by atoms with van der Waals surface area (Å²) in [6, 6.07) is 1.43. The van der Waals surface area contributed by atoms with Crippen LogP contribution < -0.4 is 0 Å². The Kier molecular flexibility index (Phi) is 14.2. The third kappa shape index (κ3) is 11.3. The average Bonchev–Trinajstić information content (AvgIpc) is 3.49. The van der Waals surface area contributed by atoms with E-state index in [-0.39, 0.29) is 17.0 Å². The molecule has 0 amide bonds. The van der Waals surface area contributed by atoms with Crippen molar-refractivity contribution in [2.45, 2.75) is 117 Å². The molecular weight excluding hydrogens is 686 g/mol. The Morgan fingerprint density at radius 3 is 1.43 bits per heavy atom. The van der Waals surface area contributed by atoms with Crippen LogP contribution in [0.5, 0.6) is 0 Å². The summed E-state index contributed by atoms with van der Waals surface area (Å²) >= 11 is 0. The molecule has 282 valence electrons. The van der Waals surface area contributed by atoms with Crippen LogP contribution in [-0.4, -0.2) is 121 Å². The molecule has 3 heterocycles. The van der Waals surface area contributed by atoms with Gasteiger partial charge in [-0.1, -0.05) is 0 Å². The summed E-state index contributed by atoms with van der Waals surface area (Å²) in [4.78, 5) is 101. The molecule has 10 atom stereocenters. The summed E-state index contributed by atoms with van der Waals surface area (Å²) in [6.07, 6.45) is -14.0. The van der Waals surface area contributed by atoms with Gasteiger partial charge in [0, 0.05) is 65.9 Å². The van der Waals surface area contributed by atoms with Gasteiger partial charge in [0.1, 0.15) is 37.6 Å². The fourth-order valence-corrected chi connectivity index (χ4v) is 5.54. The molecule has 0 saturated carbocycles. The van der Waals surface area contributed by atoms with Gasteiger partial charge in [-0.15, -0.1) is 0 Å². The van der Waals surface area contributed by atoms with Crippen molar-refractivity contribution in [3.63, 3.8) is 0 Å². The molecule has 51 heavy (non-hydrogen) atoms. The van der Waals surface area contributed by atoms with E-state index < -0.39 is 116 Å². The predicted octanol–water partition coefficient (Wildman–Crippen LogP) is 0.552. The van der Waals surface area contributed by atoms with Gasteiger partial charge < -0.3 is 52.4 Å². The molecule has 3 rings (SSSR count). The number of carbonyl (C=O) groups is 8. The highest BCUT2D eigenvalue weighted by atomic mass is 16.8. The first-order chi connectivity index (χ1) is 23.9. The van der Waals surface area contributed by atoms with E-state index >= 15 is 0 Å². The van der Waals surface area contributed by atoms with Crippen molar-refractivity contribution in [2.75, 3.05) is 13.2 Å². The standard InChI is InChI=1S/C32H41NO18/c1-13(34)21-9-22(33-10-21)25-28(45-17(5)38)29(46-18(6)39)27(23(49-25)11-42-14(2)35)51-32-31(48-20(8)41)30(47-19(7)40)26(44-16(4)37)24(50-32)12-43-15(3)36/h9-10,23-33H,11-12H2,1-8H3/t23-,24-,25+,26-,27-,28+,29+,30+,31-,32-/m1/s1. The number of esters is 7. The third-order valence-electron chi connectivity index (χ3n) is 7.35. The van der Waals surface area contributed by atoms with E-state index in [9.17, 15) is 38.4 Å². The van der Waals surface area contributed by atoms with Gasteiger partial charge in [-0.3, -0.25) is 38.4 Å². The zero-order valence-electron chi connectivity index (χ0n) is 29.2. The van der Waals surface area contributed by atoms with Crippen LogP contribution in [-0.2, 0) is 80.9 Å². The first kappa shape index (κ1) is 40.5. The topological polar surface area (TPSA) is 245 Å². The van der Waals surface area contributed by atoms with Crippen molar-refractivity contribution < 1.29 is 85.7 Å². The van der Waals surface area contributed by atoms with Crippen molar-refractivity contribution >= 4 is 47.6 Å². The Labute approximate surface area is 291 Å². The minimum atomic E-state index is -1.80. The van der Waals surface area contributed by atoms with E-state index in [1.54, 1.807) is 0 Å².